The van der Waals surface area contributed by atoms with E-state index in [1.807, 2.05) is 26.0 Å². The molecule has 0 unspecified atom stereocenters. The summed E-state index contributed by atoms with van der Waals surface area (Å²) in [6, 6.07) is 16.9. The van der Waals surface area contributed by atoms with E-state index in [0.29, 0.717) is 18.8 Å². The van der Waals surface area contributed by atoms with Crippen molar-refractivity contribution < 1.29 is 14.3 Å². The van der Waals surface area contributed by atoms with Crippen LogP contribution in [0, 0.1) is 12.7 Å². The number of halogens is 1. The Balaban J connectivity index is 1.56. The Labute approximate surface area is 195 Å². The molecule has 0 aliphatic carbocycles. The molecule has 2 aromatic carbocycles. The number of aromatic carboxylic acids is 1. The van der Waals surface area contributed by atoms with Crippen LogP contribution in [0.25, 0.3) is 5.52 Å². The highest BCUT2D eigenvalue weighted by molar-refractivity contribution is 5.94. The molecule has 0 spiro atoms. The second-order valence-corrected chi connectivity index (χ2v) is 8.77. The quantitative estimate of drug-likeness (QED) is 0.434. The van der Waals surface area contributed by atoms with E-state index in [2.05, 4.69) is 10.2 Å². The van der Waals surface area contributed by atoms with Crippen molar-refractivity contribution in [2.75, 3.05) is 10.2 Å². The van der Waals surface area contributed by atoms with Crippen LogP contribution >= 0.6 is 0 Å². The summed E-state index contributed by atoms with van der Waals surface area (Å²) >= 11 is 0. The van der Waals surface area contributed by atoms with Gasteiger partial charge >= 0.3 is 5.97 Å². The first kappa shape index (κ1) is 21.7. The molecule has 5 rings (SSSR count). The van der Waals surface area contributed by atoms with Crippen LogP contribution in [0.3, 0.4) is 0 Å². The number of anilines is 2. The smallest absolute Gasteiger partial charge is 0.337 e. The molecule has 0 fully saturated rings. The molecule has 0 saturated carbocycles. The van der Waals surface area contributed by atoms with Gasteiger partial charge in [-0.1, -0.05) is 24.3 Å². The zero-order valence-corrected chi connectivity index (χ0v) is 18.9. The van der Waals surface area contributed by atoms with E-state index in [9.17, 15) is 19.1 Å². The van der Waals surface area contributed by atoms with Gasteiger partial charge in [0.25, 0.3) is 5.56 Å². The summed E-state index contributed by atoms with van der Waals surface area (Å²) in [6.45, 7) is 5.00. The molecule has 6 nitrogen and oxygen atoms in total. The van der Waals surface area contributed by atoms with Gasteiger partial charge in [-0.15, -0.1) is 0 Å². The van der Waals surface area contributed by atoms with Crippen LogP contribution in [-0.2, 0) is 13.1 Å². The number of para-hydroxylation sites is 1. The second kappa shape index (κ2) is 8.33. The number of benzene rings is 2. The van der Waals surface area contributed by atoms with E-state index in [4.69, 9.17) is 0 Å². The molecule has 7 heteroatoms. The molecular weight excluding hydrogens is 433 g/mol. The summed E-state index contributed by atoms with van der Waals surface area (Å²) in [6.07, 6.45) is 1.80. The van der Waals surface area contributed by atoms with Crippen molar-refractivity contribution in [3.8, 4) is 0 Å². The molecule has 2 N–H and O–H groups in total. The lowest BCUT2D eigenvalue weighted by molar-refractivity contribution is 0.0698. The van der Waals surface area contributed by atoms with Gasteiger partial charge in [0, 0.05) is 36.7 Å². The van der Waals surface area contributed by atoms with E-state index in [-0.39, 0.29) is 23.0 Å². The Morgan fingerprint density at radius 2 is 1.82 bits per heavy atom. The van der Waals surface area contributed by atoms with Crippen LogP contribution < -0.4 is 15.8 Å². The molecule has 3 heterocycles. The average molecular weight is 458 g/mol. The number of fused-ring (bicyclic) bond motifs is 2. The van der Waals surface area contributed by atoms with Crippen molar-refractivity contribution in [3.63, 3.8) is 0 Å². The molecule has 0 radical (unpaired) electrons. The minimum atomic E-state index is -1.01. The highest BCUT2D eigenvalue weighted by Gasteiger charge is 2.22. The molecule has 0 amide bonds. The highest BCUT2D eigenvalue weighted by atomic mass is 19.1. The van der Waals surface area contributed by atoms with Gasteiger partial charge < -0.3 is 15.3 Å². The number of aryl methyl sites for hydroxylation is 1. The zero-order valence-electron chi connectivity index (χ0n) is 18.9. The van der Waals surface area contributed by atoms with Crippen molar-refractivity contribution >= 4 is 22.9 Å². The maximum absolute atomic E-state index is 13.7. The van der Waals surface area contributed by atoms with Crippen molar-refractivity contribution in [3.05, 3.63) is 111 Å². The van der Waals surface area contributed by atoms with Gasteiger partial charge in [-0.25, -0.2) is 9.18 Å². The summed E-state index contributed by atoms with van der Waals surface area (Å²) < 4.78 is 15.3. The molecule has 0 bridgehead atoms. The first-order chi connectivity index (χ1) is 16.3. The molecule has 1 atom stereocenters. The fraction of sp³-hybridized carbons (Fsp3) is 0.185. The molecule has 1 aliphatic rings. The number of nitrogens with one attached hydrogen (secondary N) is 1. The number of carbonyl (C=O) groups is 1. The molecule has 4 aromatic rings. The molecule has 34 heavy (non-hydrogen) atoms. The van der Waals surface area contributed by atoms with Gasteiger partial charge in [-0.2, -0.15) is 0 Å². The topological polar surface area (TPSA) is 74.0 Å². The lowest BCUT2D eigenvalue weighted by atomic mass is 10.0. The van der Waals surface area contributed by atoms with E-state index in [1.54, 1.807) is 53.1 Å². The molecule has 172 valence electrons. The predicted octanol–water partition coefficient (Wildman–Crippen LogP) is 5.14. The minimum Gasteiger partial charge on any atom is -0.478 e. The van der Waals surface area contributed by atoms with E-state index in [1.165, 1.54) is 6.07 Å². The first-order valence-corrected chi connectivity index (χ1v) is 11.1. The van der Waals surface area contributed by atoms with Gasteiger partial charge in [0.1, 0.15) is 5.82 Å². The Morgan fingerprint density at radius 3 is 2.62 bits per heavy atom. The monoisotopic (exact) mass is 457 g/mol. The van der Waals surface area contributed by atoms with Crippen molar-refractivity contribution in [1.82, 2.24) is 4.40 Å². The molecule has 1 aliphatic heterocycles. The van der Waals surface area contributed by atoms with Crippen molar-refractivity contribution in [2.45, 2.75) is 33.0 Å². The average Bonchev–Trinajstić information content (AvgIpc) is 3.22. The second-order valence-electron chi connectivity index (χ2n) is 8.77. The Kier molecular flexibility index (Phi) is 5.32. The van der Waals surface area contributed by atoms with Gasteiger partial charge in [-0.3, -0.25) is 9.20 Å². The van der Waals surface area contributed by atoms with Crippen LogP contribution in [0.15, 0.2) is 71.7 Å². The van der Waals surface area contributed by atoms with Crippen molar-refractivity contribution in [2.24, 2.45) is 0 Å². The lowest BCUT2D eigenvalue weighted by Crippen LogP contribution is -2.21. The number of carboxylic acid groups (broad SMARTS) is 1. The summed E-state index contributed by atoms with van der Waals surface area (Å²) in [5, 5.41) is 12.8. The third-order valence-electron chi connectivity index (χ3n) is 6.32. The van der Waals surface area contributed by atoms with E-state index in [0.717, 1.165) is 33.5 Å². The number of hydrogen-bond donors (Lipinski definition) is 2. The zero-order chi connectivity index (χ0) is 24.0. The lowest BCUT2D eigenvalue weighted by Gasteiger charge is -2.22. The summed E-state index contributed by atoms with van der Waals surface area (Å²) in [5.74, 6) is -1.27. The fourth-order valence-electron chi connectivity index (χ4n) is 4.66. The summed E-state index contributed by atoms with van der Waals surface area (Å²) in [4.78, 5) is 26.8. The number of rotatable bonds is 5. The summed E-state index contributed by atoms with van der Waals surface area (Å²) in [7, 11) is 0. The standard InChI is InChI=1S/C27H24FN3O3/c1-16-9-23(17(2)29-24-6-4-3-5-22(24)27(33)34)25-11-21(12-26(32)31(25)13-16)30-14-18-7-8-20(28)10-19(18)15-30/h3-13,17,29H,14-15H2,1-2H3,(H,33,34)/t17-/m1/s1. The minimum absolute atomic E-state index is 0.155. The number of hydrogen-bond acceptors (Lipinski definition) is 4. The SMILES string of the molecule is Cc1cc([C@@H](C)Nc2ccccc2C(=O)O)c2cc(N3Cc4ccc(F)cc4C3)cc(=O)n2c1. The number of pyridine rings is 2. The number of aromatic nitrogens is 1. The van der Waals surface area contributed by atoms with Crippen LogP contribution in [-0.4, -0.2) is 15.5 Å². The Hall–Kier alpha value is -4.13. The van der Waals surface area contributed by atoms with E-state index < -0.39 is 5.97 Å². The maximum Gasteiger partial charge on any atom is 0.337 e. The normalized spacial score (nSPS) is 13.7. The highest BCUT2D eigenvalue weighted by Crippen LogP contribution is 2.31. The van der Waals surface area contributed by atoms with E-state index >= 15 is 0 Å². The van der Waals surface area contributed by atoms with Crippen LogP contribution in [0.4, 0.5) is 15.8 Å². The Morgan fingerprint density at radius 1 is 1.06 bits per heavy atom. The number of nitrogens with zero attached hydrogens (tertiary/aromatic N) is 2. The van der Waals surface area contributed by atoms with Crippen LogP contribution in [0.5, 0.6) is 0 Å². The predicted molar refractivity (Wildman–Crippen MR) is 130 cm³/mol. The van der Waals surface area contributed by atoms with Gasteiger partial charge in [0.2, 0.25) is 0 Å². The van der Waals surface area contributed by atoms with Gasteiger partial charge in [0.05, 0.1) is 17.1 Å². The first-order valence-electron chi connectivity index (χ1n) is 11.1. The Bertz CT molecular complexity index is 1490. The van der Waals surface area contributed by atoms with Crippen LogP contribution in [0.2, 0.25) is 0 Å². The maximum atomic E-state index is 13.7. The van der Waals surface area contributed by atoms with Gasteiger partial charge in [-0.05, 0) is 66.4 Å². The largest absolute Gasteiger partial charge is 0.478 e. The summed E-state index contributed by atoms with van der Waals surface area (Å²) in [5.41, 5.74) is 5.81. The molecule has 0 saturated heterocycles. The third kappa shape index (κ3) is 3.90. The van der Waals surface area contributed by atoms with Crippen LogP contribution in [0.1, 0.15) is 45.6 Å². The number of carboxylic acids is 1. The molecular formula is C27H24FN3O3. The molecule has 2 aromatic heterocycles. The third-order valence-corrected chi connectivity index (χ3v) is 6.32. The fourth-order valence-corrected chi connectivity index (χ4v) is 4.66. The van der Waals surface area contributed by atoms with Gasteiger partial charge in [0.15, 0.2) is 0 Å². The van der Waals surface area contributed by atoms with Crippen molar-refractivity contribution in [1.29, 1.82) is 0 Å².